The van der Waals surface area contributed by atoms with E-state index in [0.717, 1.165) is 31.5 Å². The Morgan fingerprint density at radius 1 is 1.40 bits per heavy atom. The Kier molecular flexibility index (Phi) is 9.38. The van der Waals surface area contributed by atoms with Gasteiger partial charge in [0.05, 0.1) is 11.8 Å². The molecule has 6 heteroatoms. The molecule has 0 aliphatic carbocycles. The van der Waals surface area contributed by atoms with Crippen LogP contribution in [0.25, 0.3) is 0 Å². The standard InChI is InChI=1S/C14H21N3O2.ClH/c1-3-7-17(8-4-2)14(18)12-16-9-5-6-13(11-16)10-15-19;/h5-6,9-11H,3-4,7-8,12H2,1-2H3;1H/b15-10+;. The molecule has 0 aliphatic heterocycles. The minimum atomic E-state index is 0. The van der Waals surface area contributed by atoms with Gasteiger partial charge in [-0.25, -0.2) is 0 Å². The van der Waals surface area contributed by atoms with E-state index in [9.17, 15) is 4.79 Å². The highest BCUT2D eigenvalue weighted by molar-refractivity contribution is 5.78. The van der Waals surface area contributed by atoms with Gasteiger partial charge in [-0.1, -0.05) is 19.0 Å². The van der Waals surface area contributed by atoms with E-state index in [1.54, 1.807) is 10.8 Å². The first kappa shape index (κ1) is 18.4. The molecule has 1 amide bonds. The Bertz CT molecular complexity index is 432. The number of hydrogen-bond donors (Lipinski definition) is 1. The number of nitrogens with zero attached hydrogens (tertiary/aromatic N) is 3. The molecule has 1 N–H and O–H groups in total. The van der Waals surface area contributed by atoms with E-state index >= 15 is 0 Å². The first-order valence-electron chi connectivity index (χ1n) is 6.65. The van der Waals surface area contributed by atoms with Crippen LogP contribution in [-0.2, 0) is 11.3 Å². The average Bonchev–Trinajstić information content (AvgIpc) is 2.39. The lowest BCUT2D eigenvalue weighted by atomic mass is 10.3. The first-order chi connectivity index (χ1) is 9.21. The van der Waals surface area contributed by atoms with E-state index in [0.29, 0.717) is 6.54 Å². The number of oxime groups is 1. The predicted molar refractivity (Wildman–Crippen MR) is 73.2 cm³/mol. The summed E-state index contributed by atoms with van der Waals surface area (Å²) < 4.78 is 1.80. The Hall–Kier alpha value is -1.62. The molecular weight excluding hydrogens is 278 g/mol. The second-order valence-corrected chi connectivity index (χ2v) is 4.43. The zero-order valence-corrected chi connectivity index (χ0v) is 12.8. The van der Waals surface area contributed by atoms with Crippen LogP contribution >= 0.6 is 0 Å². The SMILES string of the molecule is CCCN(CCC)C(=O)C[n+]1cccc(/C=N/O)c1.[Cl-]. The maximum Gasteiger partial charge on any atom is 0.288 e. The quantitative estimate of drug-likeness (QED) is 0.286. The van der Waals surface area contributed by atoms with Crippen LogP contribution in [0.3, 0.4) is 0 Å². The van der Waals surface area contributed by atoms with Crippen LogP contribution in [0.15, 0.2) is 29.7 Å². The molecule has 0 atom stereocenters. The van der Waals surface area contributed by atoms with E-state index < -0.39 is 0 Å². The van der Waals surface area contributed by atoms with Crippen molar-refractivity contribution >= 4 is 12.1 Å². The number of carbonyl (C=O) groups excluding carboxylic acids is 1. The molecule has 0 saturated heterocycles. The molecule has 0 aliphatic rings. The van der Waals surface area contributed by atoms with Gasteiger partial charge in [0.25, 0.3) is 5.91 Å². The van der Waals surface area contributed by atoms with Crippen molar-refractivity contribution in [2.75, 3.05) is 13.1 Å². The molecule has 0 unspecified atom stereocenters. The molecule has 1 rings (SSSR count). The lowest BCUT2D eigenvalue weighted by molar-refractivity contribution is -0.685. The second-order valence-electron chi connectivity index (χ2n) is 4.43. The minimum absolute atomic E-state index is 0. The van der Waals surface area contributed by atoms with Gasteiger partial charge in [0.2, 0.25) is 6.54 Å². The second kappa shape index (κ2) is 10.2. The topological polar surface area (TPSA) is 56.8 Å². The number of amides is 1. The molecular formula is C14H22ClN3O2. The van der Waals surface area contributed by atoms with Crippen molar-refractivity contribution in [3.63, 3.8) is 0 Å². The van der Waals surface area contributed by atoms with Crippen molar-refractivity contribution in [3.8, 4) is 0 Å². The summed E-state index contributed by atoms with van der Waals surface area (Å²) in [5.41, 5.74) is 0.760. The molecule has 0 saturated carbocycles. The predicted octanol–water partition coefficient (Wildman–Crippen LogP) is -1.57. The van der Waals surface area contributed by atoms with Crippen LogP contribution in [0.4, 0.5) is 0 Å². The number of carbonyl (C=O) groups is 1. The third kappa shape index (κ3) is 6.02. The van der Waals surface area contributed by atoms with Crippen molar-refractivity contribution in [2.24, 2.45) is 5.16 Å². The Balaban J connectivity index is 0.00000361. The van der Waals surface area contributed by atoms with Crippen LogP contribution < -0.4 is 17.0 Å². The minimum Gasteiger partial charge on any atom is -1.00 e. The number of halogens is 1. The largest absolute Gasteiger partial charge is 1.00 e. The summed E-state index contributed by atoms with van der Waals surface area (Å²) in [4.78, 5) is 14.1. The van der Waals surface area contributed by atoms with Crippen LogP contribution in [0, 0.1) is 0 Å². The highest BCUT2D eigenvalue weighted by Gasteiger charge is 2.16. The molecule has 112 valence electrons. The third-order valence-corrected chi connectivity index (χ3v) is 2.75. The van der Waals surface area contributed by atoms with Crippen molar-refractivity contribution in [2.45, 2.75) is 33.2 Å². The molecule has 20 heavy (non-hydrogen) atoms. The van der Waals surface area contributed by atoms with Gasteiger partial charge in [-0.05, 0) is 18.9 Å². The summed E-state index contributed by atoms with van der Waals surface area (Å²) >= 11 is 0. The lowest BCUT2D eigenvalue weighted by Crippen LogP contribution is -3.00. The smallest absolute Gasteiger partial charge is 0.288 e. The molecule has 5 nitrogen and oxygen atoms in total. The summed E-state index contributed by atoms with van der Waals surface area (Å²) in [6.45, 7) is 6.05. The Morgan fingerprint density at radius 2 is 2.05 bits per heavy atom. The summed E-state index contributed by atoms with van der Waals surface area (Å²) in [6, 6.07) is 3.64. The molecule has 0 fully saturated rings. The molecule has 1 aromatic heterocycles. The zero-order chi connectivity index (χ0) is 14.1. The maximum atomic E-state index is 12.2. The number of aromatic nitrogens is 1. The third-order valence-electron chi connectivity index (χ3n) is 2.75. The summed E-state index contributed by atoms with van der Waals surface area (Å²) in [5, 5.41) is 11.5. The fourth-order valence-electron chi connectivity index (χ4n) is 1.94. The van der Waals surface area contributed by atoms with Gasteiger partial charge in [0, 0.05) is 19.2 Å². The van der Waals surface area contributed by atoms with E-state index in [-0.39, 0.29) is 18.3 Å². The monoisotopic (exact) mass is 299 g/mol. The number of hydrogen-bond acceptors (Lipinski definition) is 3. The van der Waals surface area contributed by atoms with E-state index in [1.165, 1.54) is 6.21 Å². The average molecular weight is 300 g/mol. The molecule has 0 aromatic carbocycles. The van der Waals surface area contributed by atoms with Crippen LogP contribution in [-0.4, -0.2) is 35.3 Å². The Labute approximate surface area is 126 Å². The fourth-order valence-corrected chi connectivity index (χ4v) is 1.94. The van der Waals surface area contributed by atoms with Gasteiger partial charge in [-0.3, -0.25) is 4.79 Å². The van der Waals surface area contributed by atoms with E-state index in [4.69, 9.17) is 5.21 Å². The summed E-state index contributed by atoms with van der Waals surface area (Å²) in [7, 11) is 0. The molecule has 0 bridgehead atoms. The van der Waals surface area contributed by atoms with Gasteiger partial charge in [-0.15, -0.1) is 0 Å². The lowest BCUT2D eigenvalue weighted by Gasteiger charge is -2.19. The van der Waals surface area contributed by atoms with Gasteiger partial charge in [0.15, 0.2) is 12.4 Å². The highest BCUT2D eigenvalue weighted by atomic mass is 35.5. The van der Waals surface area contributed by atoms with Crippen LogP contribution in [0.1, 0.15) is 32.3 Å². The molecule has 0 spiro atoms. The fraction of sp³-hybridized carbons (Fsp3) is 0.500. The summed E-state index contributed by atoms with van der Waals surface area (Å²) in [5.74, 6) is 0.117. The first-order valence-corrected chi connectivity index (χ1v) is 6.65. The maximum absolute atomic E-state index is 12.2. The van der Waals surface area contributed by atoms with Gasteiger partial charge in [-0.2, -0.15) is 4.57 Å². The number of pyridine rings is 1. The van der Waals surface area contributed by atoms with Gasteiger partial charge < -0.3 is 22.5 Å². The zero-order valence-electron chi connectivity index (χ0n) is 12.0. The highest BCUT2D eigenvalue weighted by Crippen LogP contribution is 1.96. The molecule has 0 radical (unpaired) electrons. The van der Waals surface area contributed by atoms with E-state index in [1.807, 2.05) is 23.2 Å². The van der Waals surface area contributed by atoms with Crippen LogP contribution in [0.5, 0.6) is 0 Å². The van der Waals surface area contributed by atoms with Crippen molar-refractivity contribution in [3.05, 3.63) is 30.1 Å². The van der Waals surface area contributed by atoms with Crippen LogP contribution in [0.2, 0.25) is 0 Å². The number of rotatable bonds is 7. The van der Waals surface area contributed by atoms with E-state index in [2.05, 4.69) is 19.0 Å². The molecule has 1 heterocycles. The van der Waals surface area contributed by atoms with Gasteiger partial charge >= 0.3 is 0 Å². The normalized spacial score (nSPS) is 10.3. The van der Waals surface area contributed by atoms with Gasteiger partial charge in [0.1, 0.15) is 0 Å². The van der Waals surface area contributed by atoms with Crippen molar-refractivity contribution < 1.29 is 27.0 Å². The molecule has 1 aromatic rings. The Morgan fingerprint density at radius 3 is 2.60 bits per heavy atom. The summed E-state index contributed by atoms with van der Waals surface area (Å²) in [6.07, 6.45) is 6.90. The van der Waals surface area contributed by atoms with Crippen molar-refractivity contribution in [1.29, 1.82) is 0 Å². The van der Waals surface area contributed by atoms with Crippen molar-refractivity contribution in [1.82, 2.24) is 4.90 Å².